The molecule has 3 rings (SSSR count). The van der Waals surface area contributed by atoms with E-state index in [-0.39, 0.29) is 29.8 Å². The van der Waals surface area contributed by atoms with Crippen molar-refractivity contribution in [1.29, 1.82) is 0 Å². The zero-order chi connectivity index (χ0) is 22.5. The van der Waals surface area contributed by atoms with Crippen LogP contribution in [-0.4, -0.2) is 53.4 Å². The molecular formula is C26H35NO4. The van der Waals surface area contributed by atoms with Gasteiger partial charge in [-0.15, -0.1) is 11.8 Å². The monoisotopic (exact) mass is 425 g/mol. The molecule has 0 saturated heterocycles. The minimum absolute atomic E-state index is 0.0432. The molecule has 168 valence electrons. The average Bonchev–Trinajstić information content (AvgIpc) is 3.25. The lowest BCUT2D eigenvalue weighted by molar-refractivity contribution is -0.128. The second-order valence-corrected chi connectivity index (χ2v) is 9.02. The van der Waals surface area contributed by atoms with E-state index in [4.69, 9.17) is 4.74 Å². The Bertz CT molecular complexity index is 866. The summed E-state index contributed by atoms with van der Waals surface area (Å²) < 4.78 is 6.31. The van der Waals surface area contributed by atoms with Gasteiger partial charge in [0.2, 0.25) is 5.91 Å². The van der Waals surface area contributed by atoms with Gasteiger partial charge < -0.3 is 19.8 Å². The van der Waals surface area contributed by atoms with Gasteiger partial charge in [0.25, 0.3) is 0 Å². The molecule has 1 fully saturated rings. The van der Waals surface area contributed by atoms with Gasteiger partial charge in [-0.05, 0) is 31.2 Å². The van der Waals surface area contributed by atoms with Crippen molar-refractivity contribution in [3.63, 3.8) is 0 Å². The van der Waals surface area contributed by atoms with Crippen LogP contribution in [-0.2, 0) is 11.2 Å². The number of fused-ring (bicyclic) bond motifs is 3. The highest BCUT2D eigenvalue weighted by atomic mass is 16.5. The lowest BCUT2D eigenvalue weighted by Gasteiger charge is -2.19. The summed E-state index contributed by atoms with van der Waals surface area (Å²) in [5.41, 5.74) is 2.26. The number of benzene rings is 1. The molecular weight excluding hydrogens is 390 g/mol. The van der Waals surface area contributed by atoms with Crippen LogP contribution in [0.3, 0.4) is 0 Å². The first kappa shape index (κ1) is 23.4. The van der Waals surface area contributed by atoms with Crippen LogP contribution in [0.2, 0.25) is 0 Å². The fraction of sp³-hybridized carbons (Fsp3) is 0.577. The molecule has 1 saturated carbocycles. The third-order valence-electron chi connectivity index (χ3n) is 6.54. The molecule has 5 heteroatoms. The van der Waals surface area contributed by atoms with Gasteiger partial charge in [-0.2, -0.15) is 0 Å². The molecule has 1 heterocycles. The number of ether oxygens (including phenoxy) is 1. The highest BCUT2D eigenvalue weighted by molar-refractivity contribution is 5.75. The molecule has 2 unspecified atom stereocenters. The summed E-state index contributed by atoms with van der Waals surface area (Å²) in [6.07, 6.45) is 5.98. The van der Waals surface area contributed by atoms with E-state index >= 15 is 0 Å². The van der Waals surface area contributed by atoms with Crippen LogP contribution in [0.1, 0.15) is 56.6 Å². The summed E-state index contributed by atoms with van der Waals surface area (Å²) in [5.74, 6) is 6.98. The van der Waals surface area contributed by atoms with E-state index in [1.807, 2.05) is 25.1 Å². The first-order valence-electron chi connectivity index (χ1n) is 11.3. The third kappa shape index (κ3) is 5.31. The molecule has 2 N–H and O–H groups in total. The van der Waals surface area contributed by atoms with Crippen LogP contribution in [0.5, 0.6) is 5.75 Å². The van der Waals surface area contributed by atoms with Gasteiger partial charge in [0.05, 0.1) is 12.2 Å². The van der Waals surface area contributed by atoms with Gasteiger partial charge in [-0.3, -0.25) is 4.79 Å². The maximum Gasteiger partial charge on any atom is 0.222 e. The Morgan fingerprint density at radius 3 is 2.87 bits per heavy atom. The minimum Gasteiger partial charge on any atom is -0.489 e. The van der Waals surface area contributed by atoms with Crippen LogP contribution in [0.15, 0.2) is 30.4 Å². The number of aliphatic hydroxyl groups excluding tert-OH is 2. The molecule has 2 aliphatic rings. The van der Waals surface area contributed by atoms with E-state index in [0.717, 1.165) is 29.7 Å². The van der Waals surface area contributed by atoms with Gasteiger partial charge in [0, 0.05) is 50.8 Å². The standard InChI is InChI=1S/C26H35NO4/c1-5-6-9-17(2)21(28)15-14-19-22(29)16-23-25(19)20-12-7-10-18(26(20)31-23)11-8-13-24(30)27(3)4/h7,10,12,14-15,17,19,21-23,25,28-29H,8-9,11,13,16H2,1-4H3/b15-14+/t17?,19-,21+,22+,23?,25-/m0/s1. The topological polar surface area (TPSA) is 70.0 Å². The smallest absolute Gasteiger partial charge is 0.222 e. The lowest BCUT2D eigenvalue weighted by Crippen LogP contribution is -2.21. The van der Waals surface area contributed by atoms with Gasteiger partial charge in [-0.1, -0.05) is 37.3 Å². The summed E-state index contributed by atoms with van der Waals surface area (Å²) in [6, 6.07) is 6.20. The van der Waals surface area contributed by atoms with Crippen molar-refractivity contribution in [3.8, 4) is 17.6 Å². The number of para-hydroxylation sites is 1. The van der Waals surface area contributed by atoms with Crippen molar-refractivity contribution in [1.82, 2.24) is 4.90 Å². The summed E-state index contributed by atoms with van der Waals surface area (Å²) >= 11 is 0. The van der Waals surface area contributed by atoms with Crippen molar-refractivity contribution in [2.45, 2.75) is 70.2 Å². The summed E-state index contributed by atoms with van der Waals surface area (Å²) in [7, 11) is 3.56. The maximum absolute atomic E-state index is 11.9. The first-order valence-corrected chi connectivity index (χ1v) is 11.3. The molecule has 0 bridgehead atoms. The first-order chi connectivity index (χ1) is 14.8. The van der Waals surface area contributed by atoms with Crippen molar-refractivity contribution in [2.75, 3.05) is 14.1 Å². The van der Waals surface area contributed by atoms with Gasteiger partial charge in [-0.25, -0.2) is 0 Å². The van der Waals surface area contributed by atoms with E-state index in [1.165, 1.54) is 0 Å². The Morgan fingerprint density at radius 2 is 2.16 bits per heavy atom. The highest BCUT2D eigenvalue weighted by Crippen LogP contribution is 2.52. The zero-order valence-corrected chi connectivity index (χ0v) is 19.0. The average molecular weight is 426 g/mol. The number of hydrogen-bond acceptors (Lipinski definition) is 4. The van der Waals surface area contributed by atoms with Crippen LogP contribution in [0.25, 0.3) is 0 Å². The molecule has 6 atom stereocenters. The highest BCUT2D eigenvalue weighted by Gasteiger charge is 2.48. The minimum atomic E-state index is -0.588. The van der Waals surface area contributed by atoms with E-state index in [9.17, 15) is 15.0 Å². The summed E-state index contributed by atoms with van der Waals surface area (Å²) in [4.78, 5) is 13.5. The molecule has 1 amide bonds. The Kier molecular flexibility index (Phi) is 7.80. The SMILES string of the molecule is CC#CCC(C)[C@H](O)/C=C/[C@H]1[C@H](O)CC2Oc3c(CCCC(=O)N(C)C)cccc3[C@@H]21. The number of aliphatic hydroxyl groups is 2. The van der Waals surface area contributed by atoms with Crippen molar-refractivity contribution in [2.24, 2.45) is 11.8 Å². The Labute approximate surface area is 186 Å². The molecule has 1 aliphatic heterocycles. The fourth-order valence-corrected chi connectivity index (χ4v) is 4.63. The zero-order valence-electron chi connectivity index (χ0n) is 19.0. The van der Waals surface area contributed by atoms with Crippen LogP contribution in [0, 0.1) is 23.7 Å². The van der Waals surface area contributed by atoms with E-state index in [1.54, 1.807) is 25.9 Å². The molecule has 1 aliphatic carbocycles. The molecule has 0 radical (unpaired) electrons. The predicted molar refractivity (Wildman–Crippen MR) is 122 cm³/mol. The normalized spacial score (nSPS) is 25.9. The molecule has 31 heavy (non-hydrogen) atoms. The van der Waals surface area contributed by atoms with Gasteiger partial charge in [0.15, 0.2) is 0 Å². The molecule has 0 spiro atoms. The second kappa shape index (κ2) is 10.3. The Morgan fingerprint density at radius 1 is 1.39 bits per heavy atom. The number of carbonyl (C=O) groups excluding carboxylic acids is 1. The van der Waals surface area contributed by atoms with Crippen molar-refractivity contribution in [3.05, 3.63) is 41.5 Å². The quantitative estimate of drug-likeness (QED) is 0.495. The van der Waals surface area contributed by atoms with E-state index < -0.39 is 12.2 Å². The number of hydrogen-bond donors (Lipinski definition) is 2. The van der Waals surface area contributed by atoms with E-state index in [2.05, 4.69) is 24.0 Å². The van der Waals surface area contributed by atoms with Crippen LogP contribution in [0.4, 0.5) is 0 Å². The van der Waals surface area contributed by atoms with Crippen molar-refractivity contribution < 1.29 is 19.7 Å². The van der Waals surface area contributed by atoms with Crippen LogP contribution < -0.4 is 4.74 Å². The summed E-state index contributed by atoms with van der Waals surface area (Å²) in [6.45, 7) is 3.78. The molecule has 0 aromatic heterocycles. The van der Waals surface area contributed by atoms with Gasteiger partial charge in [0.1, 0.15) is 11.9 Å². The number of aryl methyl sites for hydroxylation is 1. The fourth-order valence-electron chi connectivity index (χ4n) is 4.63. The molecule has 1 aromatic rings. The largest absolute Gasteiger partial charge is 0.489 e. The number of nitrogens with zero attached hydrogens (tertiary/aromatic N) is 1. The van der Waals surface area contributed by atoms with Gasteiger partial charge >= 0.3 is 0 Å². The Balaban J connectivity index is 1.72. The number of rotatable bonds is 8. The van der Waals surface area contributed by atoms with Crippen molar-refractivity contribution >= 4 is 5.91 Å². The molecule has 1 aromatic carbocycles. The molecule has 5 nitrogen and oxygen atoms in total. The predicted octanol–water partition coefficient (Wildman–Crippen LogP) is 3.29. The maximum atomic E-state index is 11.9. The number of carbonyl (C=O) groups is 1. The second-order valence-electron chi connectivity index (χ2n) is 9.02. The third-order valence-corrected chi connectivity index (χ3v) is 6.54. The van der Waals surface area contributed by atoms with E-state index in [0.29, 0.717) is 19.3 Å². The summed E-state index contributed by atoms with van der Waals surface area (Å²) in [5, 5.41) is 21.1. The number of amides is 1. The van der Waals surface area contributed by atoms with Crippen LogP contribution >= 0.6 is 0 Å². The lowest BCUT2D eigenvalue weighted by atomic mass is 9.86. The Hall–Kier alpha value is -2.29.